The van der Waals surface area contributed by atoms with Crippen LogP contribution in [0, 0.1) is 23.2 Å². The average molecular weight is 401 g/mol. The summed E-state index contributed by atoms with van der Waals surface area (Å²) in [5.74, 6) is 7.51. The molecule has 0 spiro atoms. The zero-order chi connectivity index (χ0) is 20.5. The molecule has 0 unspecified atom stereocenters. The van der Waals surface area contributed by atoms with Crippen LogP contribution in [0.15, 0.2) is 58.9 Å². The Morgan fingerprint density at radius 3 is 2.76 bits per heavy atom. The number of nitrogens with one attached hydrogen (secondary N) is 1. The number of nitrogen functional groups attached to an aromatic ring is 1. The number of thiazole rings is 1. The fourth-order valence-electron chi connectivity index (χ4n) is 2.46. The molecule has 2 aromatic carbocycles. The van der Waals surface area contributed by atoms with Gasteiger partial charge in [0.25, 0.3) is 5.19 Å². The fourth-order valence-corrected chi connectivity index (χ4v) is 3.08. The second-order valence-electron chi connectivity index (χ2n) is 5.87. The van der Waals surface area contributed by atoms with E-state index in [0.29, 0.717) is 40.9 Å². The van der Waals surface area contributed by atoms with E-state index in [2.05, 4.69) is 33.2 Å². The van der Waals surface area contributed by atoms with Gasteiger partial charge in [0.05, 0.1) is 11.6 Å². The highest BCUT2D eigenvalue weighted by molar-refractivity contribution is 7.11. The molecule has 6 nitrogen and oxygen atoms in total. The van der Waals surface area contributed by atoms with Gasteiger partial charge in [-0.25, -0.2) is 0 Å². The summed E-state index contributed by atoms with van der Waals surface area (Å²) in [7, 11) is 1.73. The highest BCUT2D eigenvalue weighted by atomic mass is 32.1. The normalized spacial score (nSPS) is 10.6. The van der Waals surface area contributed by atoms with E-state index < -0.39 is 0 Å². The molecule has 0 aliphatic carbocycles. The molecule has 1 aromatic heterocycles. The van der Waals surface area contributed by atoms with Gasteiger partial charge in [-0.05, 0) is 42.3 Å². The van der Waals surface area contributed by atoms with Crippen LogP contribution in [-0.2, 0) is 0 Å². The van der Waals surface area contributed by atoms with Crippen molar-refractivity contribution in [3.05, 3.63) is 70.7 Å². The van der Waals surface area contributed by atoms with Crippen LogP contribution in [0.4, 0.5) is 5.69 Å². The lowest BCUT2D eigenvalue weighted by atomic mass is 10.1. The molecule has 0 saturated heterocycles. The molecule has 3 aromatic rings. The Balaban J connectivity index is 1.51. The average Bonchev–Trinajstić information content (AvgIpc) is 3.19. The number of aliphatic imine (C=N–C) groups is 1. The first kappa shape index (κ1) is 19.9. The third-order valence-electron chi connectivity index (χ3n) is 3.87. The number of para-hydroxylation sites is 1. The van der Waals surface area contributed by atoms with Crippen molar-refractivity contribution in [1.29, 1.82) is 5.26 Å². The van der Waals surface area contributed by atoms with Gasteiger partial charge in [-0.15, -0.1) is 0 Å². The summed E-state index contributed by atoms with van der Waals surface area (Å²) in [6.07, 6.45) is 0.634. The lowest BCUT2D eigenvalue weighted by molar-refractivity contribution is 0.478. The van der Waals surface area contributed by atoms with Crippen LogP contribution >= 0.6 is 11.3 Å². The summed E-state index contributed by atoms with van der Waals surface area (Å²) in [4.78, 5) is 8.61. The Morgan fingerprint density at radius 1 is 1.24 bits per heavy atom. The standard InChI is InChI=1S/C22H19N5OS/c1-25-21(19-7-2-3-8-20(19)24)26-13-5-4-6-17-15-29-22(27-17)28-18-11-9-16(14-23)10-12-18/h2-3,7-12,15H,5,13,24H2,1H3,(H,25,26). The van der Waals surface area contributed by atoms with Crippen molar-refractivity contribution in [2.24, 2.45) is 4.99 Å². The van der Waals surface area contributed by atoms with Crippen LogP contribution in [-0.4, -0.2) is 24.4 Å². The highest BCUT2D eigenvalue weighted by Gasteiger charge is 2.05. The van der Waals surface area contributed by atoms with Crippen LogP contribution in [0.25, 0.3) is 0 Å². The molecule has 0 aliphatic heterocycles. The topological polar surface area (TPSA) is 96.3 Å². The maximum atomic E-state index is 8.82. The third kappa shape index (κ3) is 5.58. The molecule has 0 aliphatic rings. The van der Waals surface area contributed by atoms with Gasteiger partial charge >= 0.3 is 0 Å². The quantitative estimate of drug-likeness (QED) is 0.223. The Kier molecular flexibility index (Phi) is 6.83. The van der Waals surface area contributed by atoms with Gasteiger partial charge in [0, 0.05) is 36.6 Å². The number of benzene rings is 2. The van der Waals surface area contributed by atoms with E-state index in [1.54, 1.807) is 31.3 Å². The van der Waals surface area contributed by atoms with E-state index in [0.717, 1.165) is 11.4 Å². The number of amidine groups is 1. The summed E-state index contributed by atoms with van der Waals surface area (Å²) in [6.45, 7) is 0.646. The number of anilines is 1. The molecular formula is C22H19N5OS. The molecule has 0 atom stereocenters. The van der Waals surface area contributed by atoms with Gasteiger partial charge < -0.3 is 15.8 Å². The molecule has 3 N–H and O–H groups in total. The van der Waals surface area contributed by atoms with Crippen molar-refractivity contribution >= 4 is 22.9 Å². The zero-order valence-corrected chi connectivity index (χ0v) is 16.7. The van der Waals surface area contributed by atoms with Gasteiger partial charge in [0.2, 0.25) is 0 Å². The summed E-state index contributed by atoms with van der Waals surface area (Å²) < 4.78 is 5.68. The molecule has 29 heavy (non-hydrogen) atoms. The predicted molar refractivity (Wildman–Crippen MR) is 116 cm³/mol. The number of aromatic nitrogens is 1. The van der Waals surface area contributed by atoms with Crippen molar-refractivity contribution < 1.29 is 4.74 Å². The van der Waals surface area contributed by atoms with Crippen molar-refractivity contribution in [3.8, 4) is 28.9 Å². The molecule has 0 radical (unpaired) electrons. The number of hydrogen-bond donors (Lipinski definition) is 2. The Labute approximate surface area is 173 Å². The summed E-state index contributed by atoms with van der Waals surface area (Å²) >= 11 is 1.38. The number of ether oxygens (including phenoxy) is 1. The first-order chi connectivity index (χ1) is 14.2. The first-order valence-corrected chi connectivity index (χ1v) is 9.75. The summed E-state index contributed by atoms with van der Waals surface area (Å²) in [5.41, 5.74) is 8.81. The first-order valence-electron chi connectivity index (χ1n) is 8.87. The third-order valence-corrected chi connectivity index (χ3v) is 4.59. The van der Waals surface area contributed by atoms with Crippen LogP contribution in [0.3, 0.4) is 0 Å². The van der Waals surface area contributed by atoms with Crippen molar-refractivity contribution in [2.75, 3.05) is 19.3 Å². The van der Waals surface area contributed by atoms with Crippen molar-refractivity contribution in [1.82, 2.24) is 10.3 Å². The molecule has 0 saturated carbocycles. The lowest BCUT2D eigenvalue weighted by Gasteiger charge is -2.10. The molecule has 1 heterocycles. The Bertz CT molecular complexity index is 1100. The maximum absolute atomic E-state index is 8.82. The number of nitrogens with two attached hydrogens (primary N) is 1. The van der Waals surface area contributed by atoms with E-state index in [1.165, 1.54) is 11.3 Å². The predicted octanol–water partition coefficient (Wildman–Crippen LogP) is 3.80. The second-order valence-corrected chi connectivity index (χ2v) is 6.70. The Morgan fingerprint density at radius 2 is 2.03 bits per heavy atom. The van der Waals surface area contributed by atoms with E-state index in [9.17, 15) is 0 Å². The number of nitrogens with zero attached hydrogens (tertiary/aromatic N) is 3. The lowest BCUT2D eigenvalue weighted by Crippen LogP contribution is -2.26. The minimum Gasteiger partial charge on any atom is -0.431 e. The Hall–Kier alpha value is -3.81. The van der Waals surface area contributed by atoms with Gasteiger partial charge in [0.1, 0.15) is 17.3 Å². The highest BCUT2D eigenvalue weighted by Crippen LogP contribution is 2.25. The molecule has 0 amide bonds. The van der Waals surface area contributed by atoms with Crippen LogP contribution in [0.2, 0.25) is 0 Å². The van der Waals surface area contributed by atoms with Crippen LogP contribution < -0.4 is 15.8 Å². The minimum absolute atomic E-state index is 0.511. The van der Waals surface area contributed by atoms with Gasteiger partial charge in [0.15, 0.2) is 0 Å². The zero-order valence-electron chi connectivity index (χ0n) is 15.8. The van der Waals surface area contributed by atoms with E-state index in [-0.39, 0.29) is 0 Å². The number of nitriles is 1. The van der Waals surface area contributed by atoms with E-state index in [1.807, 2.05) is 29.6 Å². The largest absolute Gasteiger partial charge is 0.431 e. The molecular weight excluding hydrogens is 382 g/mol. The second kappa shape index (κ2) is 9.93. The molecule has 3 rings (SSSR count). The van der Waals surface area contributed by atoms with Crippen LogP contribution in [0.5, 0.6) is 10.9 Å². The van der Waals surface area contributed by atoms with E-state index in [4.69, 9.17) is 15.7 Å². The minimum atomic E-state index is 0.511. The monoisotopic (exact) mass is 401 g/mol. The molecule has 144 valence electrons. The number of hydrogen-bond acceptors (Lipinski definition) is 6. The molecule has 0 bridgehead atoms. The maximum Gasteiger partial charge on any atom is 0.279 e. The SMILES string of the molecule is CN=C(NCCC#Cc1csc(Oc2ccc(C#N)cc2)n1)c1ccccc1N. The van der Waals surface area contributed by atoms with Crippen molar-refractivity contribution in [3.63, 3.8) is 0 Å². The molecule has 0 fully saturated rings. The summed E-state index contributed by atoms with van der Waals surface area (Å²) in [5, 5.41) is 14.4. The molecule has 7 heteroatoms. The smallest absolute Gasteiger partial charge is 0.279 e. The van der Waals surface area contributed by atoms with Gasteiger partial charge in [-0.1, -0.05) is 29.4 Å². The fraction of sp³-hybridized carbons (Fsp3) is 0.136. The number of rotatable bonds is 5. The van der Waals surface area contributed by atoms with E-state index >= 15 is 0 Å². The van der Waals surface area contributed by atoms with Gasteiger partial charge in [-0.2, -0.15) is 10.2 Å². The van der Waals surface area contributed by atoms with Crippen molar-refractivity contribution in [2.45, 2.75) is 6.42 Å². The van der Waals surface area contributed by atoms with Crippen LogP contribution in [0.1, 0.15) is 23.2 Å². The van der Waals surface area contributed by atoms with Gasteiger partial charge in [-0.3, -0.25) is 4.99 Å². The summed E-state index contributed by atoms with van der Waals surface area (Å²) in [6, 6.07) is 16.6.